The van der Waals surface area contributed by atoms with Crippen LogP contribution in [0.4, 0.5) is 11.4 Å². The van der Waals surface area contributed by atoms with Gasteiger partial charge in [0.2, 0.25) is 0 Å². The molecule has 0 saturated heterocycles. The molecular formula is C26H36N2. The maximum Gasteiger partial charge on any atom is 0.0366 e. The summed E-state index contributed by atoms with van der Waals surface area (Å²) >= 11 is 0. The van der Waals surface area contributed by atoms with Crippen molar-refractivity contribution < 1.29 is 0 Å². The number of nitrogens with zero attached hydrogens (tertiary/aromatic N) is 2. The third-order valence-electron chi connectivity index (χ3n) is 4.92. The van der Waals surface area contributed by atoms with Gasteiger partial charge in [0.05, 0.1) is 0 Å². The molecule has 28 heavy (non-hydrogen) atoms. The molecule has 0 aliphatic carbocycles. The number of unbranched alkanes of at least 4 members (excludes halogenated alkanes) is 2. The molecule has 0 aliphatic heterocycles. The Balaban J connectivity index is 1.94. The van der Waals surface area contributed by atoms with E-state index in [1.807, 2.05) is 0 Å². The highest BCUT2D eigenvalue weighted by molar-refractivity contribution is 5.61. The lowest BCUT2D eigenvalue weighted by Gasteiger charge is -2.24. The highest BCUT2D eigenvalue weighted by atomic mass is 15.1. The largest absolute Gasteiger partial charge is 0.378 e. The lowest BCUT2D eigenvalue weighted by Crippen LogP contribution is -2.25. The number of hydrogen-bond donors (Lipinski definition) is 0. The van der Waals surface area contributed by atoms with Crippen molar-refractivity contribution in [3.63, 3.8) is 0 Å². The molecule has 0 fully saturated rings. The van der Waals surface area contributed by atoms with Crippen LogP contribution in [0.15, 0.2) is 60.7 Å². The Hall–Kier alpha value is -2.48. The topological polar surface area (TPSA) is 6.48 Å². The molecule has 2 aromatic rings. The molecule has 0 unspecified atom stereocenters. The predicted octanol–water partition coefficient (Wildman–Crippen LogP) is 6.89. The first-order chi connectivity index (χ1) is 13.6. The normalized spacial score (nSPS) is 11.4. The van der Waals surface area contributed by atoms with Crippen LogP contribution in [0, 0.1) is 0 Å². The second-order valence-electron chi connectivity index (χ2n) is 7.49. The zero-order valence-corrected chi connectivity index (χ0v) is 18.1. The molecule has 2 aromatic carbocycles. The summed E-state index contributed by atoms with van der Waals surface area (Å²) in [6, 6.07) is 17.5. The maximum absolute atomic E-state index is 2.53. The predicted molar refractivity (Wildman–Crippen MR) is 127 cm³/mol. The van der Waals surface area contributed by atoms with Crippen molar-refractivity contribution in [3.05, 3.63) is 71.8 Å². The van der Waals surface area contributed by atoms with Crippen molar-refractivity contribution in [1.82, 2.24) is 0 Å². The fourth-order valence-electron chi connectivity index (χ4n) is 3.08. The van der Waals surface area contributed by atoms with Gasteiger partial charge in [0.15, 0.2) is 0 Å². The van der Waals surface area contributed by atoms with Gasteiger partial charge in [-0.15, -0.1) is 0 Å². The zero-order valence-electron chi connectivity index (χ0n) is 18.1. The fraction of sp³-hybridized carbons (Fsp3) is 0.385. The summed E-state index contributed by atoms with van der Waals surface area (Å²) in [5.74, 6) is 0. The molecule has 0 amide bonds. The summed E-state index contributed by atoms with van der Waals surface area (Å²) in [4.78, 5) is 4.64. The van der Waals surface area contributed by atoms with Gasteiger partial charge in [-0.05, 0) is 48.2 Å². The van der Waals surface area contributed by atoms with Crippen LogP contribution in [0.25, 0.3) is 12.2 Å². The lowest BCUT2D eigenvalue weighted by molar-refractivity contribution is 0.678. The summed E-state index contributed by atoms with van der Waals surface area (Å²) < 4.78 is 0. The van der Waals surface area contributed by atoms with E-state index in [0.29, 0.717) is 0 Å². The molecular weight excluding hydrogens is 340 g/mol. The second-order valence-corrected chi connectivity index (χ2v) is 7.49. The van der Waals surface area contributed by atoms with Gasteiger partial charge in [0.25, 0.3) is 0 Å². The van der Waals surface area contributed by atoms with Crippen LogP contribution in [0.5, 0.6) is 0 Å². The maximum atomic E-state index is 2.53. The average Bonchev–Trinajstić information content (AvgIpc) is 2.72. The van der Waals surface area contributed by atoms with E-state index in [1.54, 1.807) is 0 Å². The van der Waals surface area contributed by atoms with Crippen molar-refractivity contribution >= 4 is 23.5 Å². The van der Waals surface area contributed by atoms with E-state index in [1.165, 1.54) is 48.2 Å². The minimum Gasteiger partial charge on any atom is -0.378 e. The molecule has 2 heteroatoms. The summed E-state index contributed by atoms with van der Waals surface area (Å²) in [6.45, 7) is 6.83. The monoisotopic (exact) mass is 376 g/mol. The van der Waals surface area contributed by atoms with Crippen LogP contribution in [0.3, 0.4) is 0 Å². The quantitative estimate of drug-likeness (QED) is 0.394. The molecule has 0 bridgehead atoms. The van der Waals surface area contributed by atoms with Crippen molar-refractivity contribution in [2.45, 2.75) is 39.5 Å². The van der Waals surface area contributed by atoms with Crippen molar-refractivity contribution in [3.8, 4) is 0 Å². The molecule has 0 N–H and O–H groups in total. The van der Waals surface area contributed by atoms with Gasteiger partial charge < -0.3 is 9.80 Å². The van der Waals surface area contributed by atoms with Crippen LogP contribution in [-0.2, 0) is 0 Å². The second kappa shape index (κ2) is 12.1. The third-order valence-corrected chi connectivity index (χ3v) is 4.92. The molecule has 0 heterocycles. The molecule has 0 saturated carbocycles. The van der Waals surface area contributed by atoms with E-state index >= 15 is 0 Å². The average molecular weight is 377 g/mol. The van der Waals surface area contributed by atoms with Gasteiger partial charge in [-0.3, -0.25) is 0 Å². The van der Waals surface area contributed by atoms with Crippen molar-refractivity contribution in [2.75, 3.05) is 37.0 Å². The van der Waals surface area contributed by atoms with Crippen LogP contribution in [-0.4, -0.2) is 27.2 Å². The van der Waals surface area contributed by atoms with E-state index in [2.05, 4.69) is 111 Å². The molecule has 150 valence electrons. The Bertz CT molecular complexity index is 716. The van der Waals surface area contributed by atoms with Crippen molar-refractivity contribution in [2.24, 2.45) is 0 Å². The summed E-state index contributed by atoms with van der Waals surface area (Å²) in [6.07, 6.45) is 13.5. The smallest absolute Gasteiger partial charge is 0.0366 e. The Morgan fingerprint density at radius 1 is 0.643 bits per heavy atom. The highest BCUT2D eigenvalue weighted by Gasteiger charge is 2.05. The van der Waals surface area contributed by atoms with Crippen LogP contribution < -0.4 is 9.80 Å². The van der Waals surface area contributed by atoms with Gasteiger partial charge in [-0.1, -0.05) is 75.3 Å². The fourth-order valence-corrected chi connectivity index (χ4v) is 3.08. The number of rotatable bonds is 11. The molecule has 0 aliphatic rings. The van der Waals surface area contributed by atoms with Gasteiger partial charge in [0, 0.05) is 38.6 Å². The third kappa shape index (κ3) is 7.26. The molecule has 2 nitrogen and oxygen atoms in total. The van der Waals surface area contributed by atoms with Crippen LogP contribution in [0.2, 0.25) is 0 Å². The molecule has 0 aromatic heterocycles. The molecule has 0 radical (unpaired) electrons. The minimum atomic E-state index is 1.15. The van der Waals surface area contributed by atoms with Gasteiger partial charge in [-0.2, -0.15) is 0 Å². The van der Waals surface area contributed by atoms with E-state index in [4.69, 9.17) is 0 Å². The van der Waals surface area contributed by atoms with E-state index < -0.39 is 0 Å². The van der Waals surface area contributed by atoms with Crippen molar-refractivity contribution in [1.29, 1.82) is 0 Å². The number of anilines is 2. The molecule has 0 atom stereocenters. The van der Waals surface area contributed by atoms with Gasteiger partial charge in [0.1, 0.15) is 0 Å². The van der Waals surface area contributed by atoms with E-state index in [0.717, 1.165) is 13.1 Å². The Morgan fingerprint density at radius 2 is 1.07 bits per heavy atom. The highest BCUT2D eigenvalue weighted by Crippen LogP contribution is 2.18. The first kappa shape index (κ1) is 21.8. The number of benzene rings is 2. The summed E-state index contributed by atoms with van der Waals surface area (Å²) in [5, 5.41) is 0. The SMILES string of the molecule is CCCCN(CCCC)c1ccc(C=CC=Cc2ccc(N(C)C)cc2)cc1. The molecule has 2 rings (SSSR count). The van der Waals surface area contributed by atoms with Gasteiger partial charge >= 0.3 is 0 Å². The number of hydrogen-bond acceptors (Lipinski definition) is 2. The first-order valence-electron chi connectivity index (χ1n) is 10.6. The summed E-state index contributed by atoms with van der Waals surface area (Å²) in [5.41, 5.74) is 5.02. The lowest BCUT2D eigenvalue weighted by atomic mass is 10.1. The number of allylic oxidation sites excluding steroid dienone is 2. The minimum absolute atomic E-state index is 1.15. The molecule has 0 spiro atoms. The Labute approximate surface area is 172 Å². The zero-order chi connectivity index (χ0) is 20.2. The van der Waals surface area contributed by atoms with Gasteiger partial charge in [-0.25, -0.2) is 0 Å². The van der Waals surface area contributed by atoms with E-state index in [9.17, 15) is 0 Å². The Morgan fingerprint density at radius 3 is 1.46 bits per heavy atom. The van der Waals surface area contributed by atoms with E-state index in [-0.39, 0.29) is 0 Å². The summed E-state index contributed by atoms with van der Waals surface area (Å²) in [7, 11) is 4.12. The first-order valence-corrected chi connectivity index (χ1v) is 10.6. The standard InChI is InChI=1S/C26H36N2/c1-5-7-21-28(22-8-6-2)26-19-15-24(16-20-26)12-10-9-11-23-13-17-25(18-14-23)27(3)4/h9-20H,5-8,21-22H2,1-4H3. The van der Waals surface area contributed by atoms with Crippen LogP contribution >= 0.6 is 0 Å². The Kier molecular flexibility index (Phi) is 9.41. The van der Waals surface area contributed by atoms with Crippen LogP contribution in [0.1, 0.15) is 50.7 Å².